The number of nitrogens with one attached hydrogen (secondary N) is 2. The van der Waals surface area contributed by atoms with Gasteiger partial charge < -0.3 is 15.0 Å². The van der Waals surface area contributed by atoms with E-state index in [1.807, 2.05) is 12.1 Å². The van der Waals surface area contributed by atoms with E-state index in [-0.39, 0.29) is 5.91 Å². The van der Waals surface area contributed by atoms with Gasteiger partial charge in [-0.25, -0.2) is 0 Å². The fourth-order valence-electron chi connectivity index (χ4n) is 2.28. The lowest BCUT2D eigenvalue weighted by Gasteiger charge is -2.07. The van der Waals surface area contributed by atoms with Gasteiger partial charge in [-0.2, -0.15) is 0 Å². The fraction of sp³-hybridized carbons (Fsp3) is 0.643. The van der Waals surface area contributed by atoms with Crippen molar-refractivity contribution in [3.63, 3.8) is 0 Å². The van der Waals surface area contributed by atoms with Crippen LogP contribution in [-0.4, -0.2) is 30.6 Å². The summed E-state index contributed by atoms with van der Waals surface area (Å²) in [6.45, 7) is 4.61. The maximum Gasteiger partial charge on any atom is 0.267 e. The second-order valence-corrected chi connectivity index (χ2v) is 4.88. The van der Waals surface area contributed by atoms with E-state index in [1.165, 1.54) is 6.42 Å². The maximum atomic E-state index is 11.8. The zero-order chi connectivity index (χ0) is 12.8. The molecule has 1 aromatic rings. The number of ether oxygens (including phenoxy) is 1. The third-order valence-corrected chi connectivity index (χ3v) is 3.47. The van der Waals surface area contributed by atoms with Gasteiger partial charge in [-0.1, -0.05) is 6.92 Å². The molecule has 0 aromatic carbocycles. The number of carbonyl (C=O) groups is 1. The Hall–Kier alpha value is -1.29. The van der Waals surface area contributed by atoms with E-state index in [0.717, 1.165) is 44.7 Å². The minimum atomic E-state index is -0.00243. The van der Waals surface area contributed by atoms with Gasteiger partial charge in [-0.3, -0.25) is 4.79 Å². The van der Waals surface area contributed by atoms with Gasteiger partial charge in [-0.15, -0.1) is 0 Å². The van der Waals surface area contributed by atoms with Crippen molar-refractivity contribution >= 4 is 5.91 Å². The van der Waals surface area contributed by atoms with Gasteiger partial charge >= 0.3 is 0 Å². The Morgan fingerprint density at radius 3 is 3.11 bits per heavy atom. The molecule has 1 aliphatic rings. The van der Waals surface area contributed by atoms with Crippen LogP contribution in [0.2, 0.25) is 0 Å². The molecule has 0 spiro atoms. The third-order valence-electron chi connectivity index (χ3n) is 3.47. The molecular formula is C14H22N2O2. The Balaban J connectivity index is 1.65. The van der Waals surface area contributed by atoms with Crippen LogP contribution in [0.4, 0.5) is 0 Å². The van der Waals surface area contributed by atoms with Crippen LogP contribution < -0.4 is 5.32 Å². The molecule has 4 heteroatoms. The molecule has 0 unspecified atom stereocenters. The SMILES string of the molecule is CCc1ccc(C(=O)NCCC[C@H]2CCOC2)[nH]1. The number of hydrogen-bond acceptors (Lipinski definition) is 2. The minimum absolute atomic E-state index is 0.00243. The van der Waals surface area contributed by atoms with Crippen molar-refractivity contribution in [1.29, 1.82) is 0 Å². The first-order valence-corrected chi connectivity index (χ1v) is 6.83. The zero-order valence-electron chi connectivity index (χ0n) is 11.0. The molecule has 1 aromatic heterocycles. The summed E-state index contributed by atoms with van der Waals surface area (Å²) in [5.41, 5.74) is 1.76. The monoisotopic (exact) mass is 250 g/mol. The molecule has 0 radical (unpaired) electrons. The van der Waals surface area contributed by atoms with Crippen molar-refractivity contribution in [2.24, 2.45) is 5.92 Å². The Bertz CT molecular complexity index is 381. The van der Waals surface area contributed by atoms with Gasteiger partial charge in [0.1, 0.15) is 5.69 Å². The predicted molar refractivity (Wildman–Crippen MR) is 70.7 cm³/mol. The molecule has 0 saturated carbocycles. The van der Waals surface area contributed by atoms with Crippen molar-refractivity contribution < 1.29 is 9.53 Å². The zero-order valence-corrected chi connectivity index (χ0v) is 11.0. The van der Waals surface area contributed by atoms with E-state index >= 15 is 0 Å². The Morgan fingerprint density at radius 1 is 1.56 bits per heavy atom. The first kappa shape index (κ1) is 13.1. The lowest BCUT2D eigenvalue weighted by atomic mass is 10.0. The molecule has 0 aliphatic carbocycles. The molecule has 2 N–H and O–H groups in total. The second-order valence-electron chi connectivity index (χ2n) is 4.88. The highest BCUT2D eigenvalue weighted by Gasteiger charge is 2.15. The largest absolute Gasteiger partial charge is 0.381 e. The Labute approximate surface area is 108 Å². The molecule has 0 bridgehead atoms. The molecule has 100 valence electrons. The van der Waals surface area contributed by atoms with Crippen LogP contribution in [0.3, 0.4) is 0 Å². The van der Waals surface area contributed by atoms with Gasteiger partial charge in [0.15, 0.2) is 0 Å². The topological polar surface area (TPSA) is 54.1 Å². The molecule has 2 rings (SSSR count). The summed E-state index contributed by atoms with van der Waals surface area (Å²) in [5, 5.41) is 2.95. The maximum absolute atomic E-state index is 11.8. The van der Waals surface area contributed by atoms with Crippen molar-refractivity contribution in [1.82, 2.24) is 10.3 Å². The summed E-state index contributed by atoms with van der Waals surface area (Å²) in [5.74, 6) is 0.691. The summed E-state index contributed by atoms with van der Waals surface area (Å²) in [4.78, 5) is 14.9. The first-order valence-electron chi connectivity index (χ1n) is 6.83. The van der Waals surface area contributed by atoms with Crippen molar-refractivity contribution in [2.45, 2.75) is 32.6 Å². The predicted octanol–water partition coefficient (Wildman–Crippen LogP) is 2.12. The quantitative estimate of drug-likeness (QED) is 0.760. The minimum Gasteiger partial charge on any atom is -0.381 e. The van der Waals surface area contributed by atoms with Crippen LogP contribution in [0, 0.1) is 5.92 Å². The standard InChI is InChI=1S/C14H22N2O2/c1-2-12-5-6-13(16-12)14(17)15-8-3-4-11-7-9-18-10-11/h5-6,11,16H,2-4,7-10H2,1H3,(H,15,17)/t11-/m0/s1. The summed E-state index contributed by atoms with van der Waals surface area (Å²) in [6.07, 6.45) is 4.27. The van der Waals surface area contributed by atoms with E-state index in [9.17, 15) is 4.79 Å². The molecule has 1 amide bonds. The highest BCUT2D eigenvalue weighted by Crippen LogP contribution is 2.17. The number of amides is 1. The van der Waals surface area contributed by atoms with Crippen molar-refractivity contribution in [3.05, 3.63) is 23.5 Å². The normalized spacial score (nSPS) is 19.1. The van der Waals surface area contributed by atoms with Crippen LogP contribution in [0.15, 0.2) is 12.1 Å². The van der Waals surface area contributed by atoms with Gasteiger partial charge in [0.2, 0.25) is 0 Å². The lowest BCUT2D eigenvalue weighted by Crippen LogP contribution is -2.25. The smallest absolute Gasteiger partial charge is 0.267 e. The lowest BCUT2D eigenvalue weighted by molar-refractivity contribution is 0.0948. The first-order chi connectivity index (χ1) is 8.79. The van der Waals surface area contributed by atoms with E-state index < -0.39 is 0 Å². The summed E-state index contributed by atoms with van der Waals surface area (Å²) in [7, 11) is 0. The average molecular weight is 250 g/mol. The van der Waals surface area contributed by atoms with Crippen LogP contribution >= 0.6 is 0 Å². The van der Waals surface area contributed by atoms with E-state index in [2.05, 4.69) is 17.2 Å². The van der Waals surface area contributed by atoms with Crippen LogP contribution in [0.25, 0.3) is 0 Å². The van der Waals surface area contributed by atoms with Crippen LogP contribution in [0.1, 0.15) is 42.4 Å². The second kappa shape index (κ2) is 6.59. The Morgan fingerprint density at radius 2 is 2.44 bits per heavy atom. The summed E-state index contributed by atoms with van der Waals surface area (Å²) < 4.78 is 5.33. The molecule has 1 fully saturated rings. The average Bonchev–Trinajstić information content (AvgIpc) is 3.05. The van der Waals surface area contributed by atoms with Gasteiger partial charge in [0.05, 0.1) is 0 Å². The number of hydrogen-bond donors (Lipinski definition) is 2. The van der Waals surface area contributed by atoms with E-state index in [0.29, 0.717) is 11.6 Å². The van der Waals surface area contributed by atoms with Gasteiger partial charge in [-0.05, 0) is 43.7 Å². The number of aryl methyl sites for hydroxylation is 1. The fourth-order valence-corrected chi connectivity index (χ4v) is 2.28. The number of H-pyrrole nitrogens is 1. The van der Waals surface area contributed by atoms with E-state index in [1.54, 1.807) is 0 Å². The molecule has 2 heterocycles. The van der Waals surface area contributed by atoms with Crippen LogP contribution in [0.5, 0.6) is 0 Å². The molecular weight excluding hydrogens is 228 g/mol. The highest BCUT2D eigenvalue weighted by atomic mass is 16.5. The van der Waals surface area contributed by atoms with Gasteiger partial charge in [0, 0.05) is 25.5 Å². The highest BCUT2D eigenvalue weighted by molar-refractivity contribution is 5.92. The molecule has 18 heavy (non-hydrogen) atoms. The number of rotatable bonds is 6. The molecule has 1 saturated heterocycles. The third kappa shape index (κ3) is 3.60. The van der Waals surface area contributed by atoms with Crippen LogP contribution in [-0.2, 0) is 11.2 Å². The number of carbonyl (C=O) groups excluding carboxylic acids is 1. The molecule has 4 nitrogen and oxygen atoms in total. The molecule has 1 aliphatic heterocycles. The number of aromatic nitrogens is 1. The van der Waals surface area contributed by atoms with Gasteiger partial charge in [0.25, 0.3) is 5.91 Å². The Kier molecular flexibility index (Phi) is 4.81. The molecule has 1 atom stereocenters. The van der Waals surface area contributed by atoms with Crippen molar-refractivity contribution in [3.8, 4) is 0 Å². The van der Waals surface area contributed by atoms with E-state index in [4.69, 9.17) is 4.74 Å². The summed E-state index contributed by atoms with van der Waals surface area (Å²) >= 11 is 0. The summed E-state index contributed by atoms with van der Waals surface area (Å²) in [6, 6.07) is 3.81. The number of aromatic amines is 1. The van der Waals surface area contributed by atoms with Crippen molar-refractivity contribution in [2.75, 3.05) is 19.8 Å².